The molecule has 0 unspecified atom stereocenters. The lowest BCUT2D eigenvalue weighted by molar-refractivity contribution is -0.141. The molecule has 0 atom stereocenters. The molecule has 3 N–H and O–H groups in total. The molecule has 1 aromatic carbocycles. The fourth-order valence-electron chi connectivity index (χ4n) is 3.39. The van der Waals surface area contributed by atoms with Crippen molar-refractivity contribution in [2.75, 3.05) is 13.1 Å². The van der Waals surface area contributed by atoms with E-state index in [1.54, 1.807) is 18.2 Å². The van der Waals surface area contributed by atoms with Crippen LogP contribution in [-0.4, -0.2) is 51.4 Å². The zero-order valence-electron chi connectivity index (χ0n) is 14.5. The predicted molar refractivity (Wildman–Crippen MR) is 92.6 cm³/mol. The van der Waals surface area contributed by atoms with E-state index in [0.717, 1.165) is 4.90 Å². The highest BCUT2D eigenvalue weighted by Crippen LogP contribution is 2.27. The molecule has 1 saturated heterocycles. The summed E-state index contributed by atoms with van der Waals surface area (Å²) in [5, 5.41) is 9.41. The highest BCUT2D eigenvalue weighted by molar-refractivity contribution is 6.06. The zero-order chi connectivity index (χ0) is 19.8. The van der Waals surface area contributed by atoms with Crippen molar-refractivity contribution in [2.45, 2.75) is 31.7 Å². The average molecular weight is 379 g/mol. The molecule has 0 radical (unpaired) electrons. The number of rotatable bonds is 5. The van der Waals surface area contributed by atoms with Gasteiger partial charge in [-0.3, -0.25) is 14.4 Å². The number of carbonyl (C=O) groups is 3. The van der Waals surface area contributed by atoms with Crippen molar-refractivity contribution in [2.24, 2.45) is 5.73 Å². The first-order chi connectivity index (χ1) is 12.7. The van der Waals surface area contributed by atoms with E-state index in [1.165, 1.54) is 10.8 Å². The van der Waals surface area contributed by atoms with E-state index >= 15 is 0 Å². The van der Waals surface area contributed by atoms with Crippen LogP contribution in [0.5, 0.6) is 0 Å². The summed E-state index contributed by atoms with van der Waals surface area (Å²) < 4.78 is 28.4. The second kappa shape index (κ2) is 6.98. The van der Waals surface area contributed by atoms with Crippen molar-refractivity contribution >= 4 is 28.7 Å². The first-order valence-electron chi connectivity index (χ1n) is 8.45. The van der Waals surface area contributed by atoms with E-state index in [-0.39, 0.29) is 37.9 Å². The minimum Gasteiger partial charge on any atom is -0.480 e. The lowest BCUT2D eigenvalue weighted by Crippen LogP contribution is -2.46. The second-order valence-corrected chi connectivity index (χ2v) is 6.73. The lowest BCUT2D eigenvalue weighted by atomic mass is 10.0. The number of primary amides is 1. The molecule has 7 nitrogen and oxygen atoms in total. The van der Waals surface area contributed by atoms with Gasteiger partial charge in [-0.25, -0.2) is 8.78 Å². The molecule has 1 fully saturated rings. The van der Waals surface area contributed by atoms with Crippen LogP contribution in [0.25, 0.3) is 10.9 Å². The summed E-state index contributed by atoms with van der Waals surface area (Å²) in [6.45, 7) is -0.640. The molecular weight excluding hydrogens is 360 g/mol. The van der Waals surface area contributed by atoms with Gasteiger partial charge >= 0.3 is 5.97 Å². The van der Waals surface area contributed by atoms with Gasteiger partial charge in [0.05, 0.1) is 18.5 Å². The number of likely N-dealkylation sites (tertiary alicyclic amines) is 1. The molecular formula is C18H19F2N3O4. The summed E-state index contributed by atoms with van der Waals surface area (Å²) >= 11 is 0. The van der Waals surface area contributed by atoms with Gasteiger partial charge < -0.3 is 20.3 Å². The Labute approximate surface area is 153 Å². The Morgan fingerprint density at radius 3 is 2.63 bits per heavy atom. The normalized spacial score (nSPS) is 16.4. The maximum absolute atomic E-state index is 13.5. The summed E-state index contributed by atoms with van der Waals surface area (Å²) in [6.07, 6.45) is 1.30. The molecule has 1 aliphatic heterocycles. The van der Waals surface area contributed by atoms with Crippen molar-refractivity contribution in [1.82, 2.24) is 9.47 Å². The van der Waals surface area contributed by atoms with Crippen molar-refractivity contribution in [3.8, 4) is 0 Å². The molecule has 0 saturated carbocycles. The van der Waals surface area contributed by atoms with Gasteiger partial charge in [0.25, 0.3) is 11.8 Å². The number of carboxylic acid groups (broad SMARTS) is 1. The van der Waals surface area contributed by atoms with Crippen LogP contribution in [-0.2, 0) is 22.6 Å². The number of nitrogens with zero attached hydrogens (tertiary/aromatic N) is 2. The number of benzene rings is 1. The number of aromatic nitrogens is 1. The summed E-state index contributed by atoms with van der Waals surface area (Å²) in [4.78, 5) is 36.2. The van der Waals surface area contributed by atoms with Gasteiger partial charge in [0.1, 0.15) is 6.54 Å². The maximum atomic E-state index is 13.5. The Bertz CT molecular complexity index is 923. The van der Waals surface area contributed by atoms with Crippen molar-refractivity contribution < 1.29 is 28.3 Å². The molecule has 0 aliphatic carbocycles. The molecule has 144 valence electrons. The summed E-state index contributed by atoms with van der Waals surface area (Å²) in [7, 11) is 0. The first kappa shape index (κ1) is 18.8. The monoisotopic (exact) mass is 379 g/mol. The van der Waals surface area contributed by atoms with Crippen LogP contribution in [0.4, 0.5) is 8.78 Å². The molecule has 9 heteroatoms. The van der Waals surface area contributed by atoms with Crippen LogP contribution in [0.3, 0.4) is 0 Å². The van der Waals surface area contributed by atoms with Crippen LogP contribution in [0.2, 0.25) is 0 Å². The minimum atomic E-state index is -2.87. The van der Waals surface area contributed by atoms with Gasteiger partial charge in [-0.05, 0) is 24.1 Å². The van der Waals surface area contributed by atoms with E-state index in [9.17, 15) is 23.2 Å². The maximum Gasteiger partial charge on any atom is 0.323 e. The van der Waals surface area contributed by atoms with E-state index in [4.69, 9.17) is 10.8 Å². The van der Waals surface area contributed by atoms with E-state index in [1.807, 2.05) is 0 Å². The number of hydrogen-bond donors (Lipinski definition) is 2. The third-order valence-electron chi connectivity index (χ3n) is 4.62. The molecule has 2 aromatic rings. The van der Waals surface area contributed by atoms with Crippen molar-refractivity contribution in [1.29, 1.82) is 0 Å². The van der Waals surface area contributed by atoms with Gasteiger partial charge in [0.15, 0.2) is 0 Å². The van der Waals surface area contributed by atoms with Gasteiger partial charge in [-0.15, -0.1) is 0 Å². The highest BCUT2D eigenvalue weighted by atomic mass is 19.3. The Hall–Kier alpha value is -2.97. The molecule has 3 rings (SSSR count). The van der Waals surface area contributed by atoms with Crippen LogP contribution < -0.4 is 5.73 Å². The fraction of sp³-hybridized carbons (Fsp3) is 0.389. The van der Waals surface area contributed by atoms with Crippen LogP contribution in [0, 0.1) is 0 Å². The standard InChI is InChI=1S/C18H19F2N3O4/c19-18(20)4-1-5-22(10-18)15(24)7-11-2-3-14-12(6-11)13(17(21)27)8-23(14)9-16(25)26/h2-3,6,8H,1,4-5,7,9-10H2,(H2,21,27)(H,25,26). The number of aliphatic carboxylic acids is 1. The van der Waals surface area contributed by atoms with Crippen molar-refractivity contribution in [3.63, 3.8) is 0 Å². The molecule has 1 aromatic heterocycles. The molecule has 0 bridgehead atoms. The van der Waals surface area contributed by atoms with E-state index in [2.05, 4.69) is 0 Å². The highest BCUT2D eigenvalue weighted by Gasteiger charge is 2.36. The Kier molecular flexibility index (Phi) is 4.86. The largest absolute Gasteiger partial charge is 0.480 e. The van der Waals surface area contributed by atoms with Crippen LogP contribution in [0.15, 0.2) is 24.4 Å². The van der Waals surface area contributed by atoms with Crippen molar-refractivity contribution in [3.05, 3.63) is 35.5 Å². The van der Waals surface area contributed by atoms with Crippen LogP contribution in [0.1, 0.15) is 28.8 Å². The van der Waals surface area contributed by atoms with Crippen LogP contribution >= 0.6 is 0 Å². The summed E-state index contributed by atoms with van der Waals surface area (Å²) in [5.74, 6) is -5.08. The fourth-order valence-corrected chi connectivity index (χ4v) is 3.39. The minimum absolute atomic E-state index is 0.0890. The Balaban J connectivity index is 1.87. The van der Waals surface area contributed by atoms with Gasteiger partial charge in [0.2, 0.25) is 5.91 Å². The van der Waals surface area contributed by atoms with Gasteiger partial charge in [-0.1, -0.05) is 6.07 Å². The number of alkyl halides is 2. The smallest absolute Gasteiger partial charge is 0.323 e. The number of fused-ring (bicyclic) bond motifs is 1. The molecule has 0 spiro atoms. The second-order valence-electron chi connectivity index (χ2n) is 6.73. The Morgan fingerprint density at radius 2 is 2.00 bits per heavy atom. The predicted octanol–water partition coefficient (Wildman–Crippen LogP) is 1.62. The Morgan fingerprint density at radius 1 is 1.26 bits per heavy atom. The molecule has 1 aliphatic rings. The molecule has 27 heavy (non-hydrogen) atoms. The number of nitrogens with two attached hydrogens (primary N) is 1. The number of carboxylic acids is 1. The third-order valence-corrected chi connectivity index (χ3v) is 4.62. The molecule has 2 amide bonds. The number of amides is 2. The van der Waals surface area contributed by atoms with Gasteiger partial charge in [-0.2, -0.15) is 0 Å². The third kappa shape index (κ3) is 4.07. The summed E-state index contributed by atoms with van der Waals surface area (Å²) in [5.41, 5.74) is 6.54. The first-order valence-corrected chi connectivity index (χ1v) is 8.45. The number of piperidine rings is 1. The SMILES string of the molecule is NC(=O)c1cn(CC(=O)O)c2ccc(CC(=O)N3CCCC(F)(F)C3)cc12. The summed E-state index contributed by atoms with van der Waals surface area (Å²) in [6, 6.07) is 4.79. The number of halogens is 2. The molecule has 2 heterocycles. The average Bonchev–Trinajstić information content (AvgIpc) is 2.91. The topological polar surface area (TPSA) is 106 Å². The lowest BCUT2D eigenvalue weighted by Gasteiger charge is -2.32. The van der Waals surface area contributed by atoms with E-state index < -0.39 is 30.3 Å². The number of hydrogen-bond acceptors (Lipinski definition) is 3. The quantitative estimate of drug-likeness (QED) is 0.823. The zero-order valence-corrected chi connectivity index (χ0v) is 14.5. The van der Waals surface area contributed by atoms with Gasteiger partial charge in [0, 0.05) is 30.1 Å². The number of carbonyl (C=O) groups excluding carboxylic acids is 2. The van der Waals surface area contributed by atoms with E-state index in [0.29, 0.717) is 16.5 Å².